The molecule has 0 amide bonds. The van der Waals surface area contributed by atoms with Gasteiger partial charge in [-0.2, -0.15) is 0 Å². The van der Waals surface area contributed by atoms with Gasteiger partial charge in [0.15, 0.2) is 0 Å². The van der Waals surface area contributed by atoms with Crippen molar-refractivity contribution in [3.8, 4) is 5.75 Å². The van der Waals surface area contributed by atoms with Crippen molar-refractivity contribution in [2.24, 2.45) is 0 Å². The first-order valence-electron chi connectivity index (χ1n) is 6.00. The summed E-state index contributed by atoms with van der Waals surface area (Å²) in [7, 11) is 0. The van der Waals surface area contributed by atoms with E-state index in [4.69, 9.17) is 4.74 Å². The summed E-state index contributed by atoms with van der Waals surface area (Å²) < 4.78 is 5.53. The normalized spacial score (nSPS) is 8.84. The summed E-state index contributed by atoms with van der Waals surface area (Å²) in [5.41, 5.74) is 1.20. The third kappa shape index (κ3) is 6.10. The van der Waals surface area contributed by atoms with Crippen LogP contribution in [-0.4, -0.2) is 0 Å². The molecule has 0 radical (unpaired) electrons. The second-order valence-corrected chi connectivity index (χ2v) is 3.86. The number of benzene rings is 1. The third-order valence-corrected chi connectivity index (χ3v) is 2.44. The molecular formula is C17H16FeO-6. The van der Waals surface area contributed by atoms with Gasteiger partial charge < -0.3 is 35.1 Å². The van der Waals surface area contributed by atoms with E-state index in [1.165, 1.54) is 5.56 Å². The molecule has 3 aromatic rings. The molecule has 0 heterocycles. The summed E-state index contributed by atoms with van der Waals surface area (Å²) in [5.74, 6) is 0.934. The average molecular weight is 292 g/mol. The zero-order valence-electron chi connectivity index (χ0n) is 10.6. The van der Waals surface area contributed by atoms with Gasteiger partial charge in [0.1, 0.15) is 0 Å². The molecule has 0 atom stereocenters. The van der Waals surface area contributed by atoms with Crippen molar-refractivity contribution >= 4 is 0 Å². The van der Waals surface area contributed by atoms with Crippen molar-refractivity contribution in [3.63, 3.8) is 0 Å². The summed E-state index contributed by atoms with van der Waals surface area (Å²) in [6.07, 6.45) is 0. The van der Waals surface area contributed by atoms with Crippen molar-refractivity contribution < 1.29 is 21.8 Å². The van der Waals surface area contributed by atoms with Gasteiger partial charge in [-0.25, -0.2) is 12.1 Å². The molecule has 2 heteroatoms. The van der Waals surface area contributed by atoms with Gasteiger partial charge in [0.2, 0.25) is 0 Å². The Morgan fingerprint density at radius 1 is 0.789 bits per heavy atom. The van der Waals surface area contributed by atoms with Crippen molar-refractivity contribution in [2.75, 3.05) is 0 Å². The molecule has 0 N–H and O–H groups in total. The number of rotatable bonds is 3. The van der Waals surface area contributed by atoms with Gasteiger partial charge >= 0.3 is 0 Å². The molecule has 0 saturated carbocycles. The van der Waals surface area contributed by atoms with Crippen molar-refractivity contribution in [3.05, 3.63) is 90.5 Å². The standard InChI is InChI=1S/C12H11O.C5H5.Fe/c1-2-6-11(7-3-1)10-13-12-8-4-5-9-12;1-2-4-5-3-1;/h1-9H,10H2;1-5H;/q-1;-5;. The van der Waals surface area contributed by atoms with Crippen molar-refractivity contribution in [1.29, 1.82) is 0 Å². The average Bonchev–Trinajstić information content (AvgIpc) is 3.13. The van der Waals surface area contributed by atoms with E-state index >= 15 is 0 Å². The maximum Gasteiger partial charge on any atom is 0.0968 e. The van der Waals surface area contributed by atoms with Gasteiger partial charge in [0.25, 0.3) is 0 Å². The first-order valence-corrected chi connectivity index (χ1v) is 6.00. The summed E-state index contributed by atoms with van der Waals surface area (Å²) in [5, 5.41) is 0. The topological polar surface area (TPSA) is 9.23 Å². The van der Waals surface area contributed by atoms with Gasteiger partial charge in [-0.15, -0.1) is 12.1 Å². The van der Waals surface area contributed by atoms with Crippen LogP contribution >= 0.6 is 0 Å². The Bertz CT molecular complexity index is 480. The van der Waals surface area contributed by atoms with E-state index in [0.717, 1.165) is 5.75 Å². The second-order valence-electron chi connectivity index (χ2n) is 3.86. The predicted octanol–water partition coefficient (Wildman–Crippen LogP) is 4.39. The minimum Gasteiger partial charge on any atom is -0.748 e. The van der Waals surface area contributed by atoms with Gasteiger partial charge in [-0.3, -0.25) is 0 Å². The van der Waals surface area contributed by atoms with Crippen LogP contribution in [0.15, 0.2) is 84.9 Å². The maximum atomic E-state index is 5.53. The fourth-order valence-corrected chi connectivity index (χ4v) is 1.51. The molecule has 0 aromatic heterocycles. The molecule has 0 bridgehead atoms. The van der Waals surface area contributed by atoms with Crippen LogP contribution < -0.4 is 4.74 Å². The third-order valence-electron chi connectivity index (χ3n) is 2.44. The van der Waals surface area contributed by atoms with Crippen LogP contribution in [0.25, 0.3) is 0 Å². The smallest absolute Gasteiger partial charge is 0.0968 e. The summed E-state index contributed by atoms with van der Waals surface area (Å²) >= 11 is 0. The molecule has 0 aliphatic heterocycles. The fraction of sp³-hybridized carbons (Fsp3) is 0.0588. The summed E-state index contributed by atoms with van der Waals surface area (Å²) in [6.45, 7) is 0.644. The Morgan fingerprint density at radius 3 is 1.84 bits per heavy atom. The molecule has 3 rings (SSSR count). The monoisotopic (exact) mass is 292 g/mol. The van der Waals surface area contributed by atoms with Crippen molar-refractivity contribution in [1.82, 2.24) is 0 Å². The first kappa shape index (κ1) is 15.3. The molecule has 0 aliphatic rings. The zero-order chi connectivity index (χ0) is 12.5. The zero-order valence-corrected chi connectivity index (χ0v) is 11.7. The van der Waals surface area contributed by atoms with Crippen LogP contribution in [-0.2, 0) is 23.7 Å². The summed E-state index contributed by atoms with van der Waals surface area (Å²) in [4.78, 5) is 0. The maximum absolute atomic E-state index is 5.53. The van der Waals surface area contributed by atoms with E-state index in [2.05, 4.69) is 12.1 Å². The van der Waals surface area contributed by atoms with E-state index in [1.54, 1.807) is 0 Å². The van der Waals surface area contributed by atoms with Gasteiger partial charge in [0, 0.05) is 22.8 Å². The Kier molecular flexibility index (Phi) is 7.41. The minimum atomic E-state index is 0. The number of hydrogen-bond donors (Lipinski definition) is 0. The molecule has 19 heavy (non-hydrogen) atoms. The number of ether oxygens (including phenoxy) is 1. The van der Waals surface area contributed by atoms with Crippen LogP contribution in [0.2, 0.25) is 0 Å². The van der Waals surface area contributed by atoms with E-state index in [-0.39, 0.29) is 17.1 Å². The largest absolute Gasteiger partial charge is 0.748 e. The molecule has 0 aliphatic carbocycles. The van der Waals surface area contributed by atoms with Gasteiger partial charge in [-0.1, -0.05) is 30.3 Å². The van der Waals surface area contributed by atoms with Gasteiger partial charge in [0.05, 0.1) is 6.61 Å². The van der Waals surface area contributed by atoms with Crippen LogP contribution in [0, 0.1) is 0 Å². The van der Waals surface area contributed by atoms with E-state index < -0.39 is 0 Å². The molecule has 0 unspecified atom stereocenters. The quantitative estimate of drug-likeness (QED) is 0.514. The minimum absolute atomic E-state index is 0. The van der Waals surface area contributed by atoms with Crippen LogP contribution in [0.1, 0.15) is 5.56 Å². The van der Waals surface area contributed by atoms with E-state index in [1.807, 2.05) is 72.8 Å². The van der Waals surface area contributed by atoms with Crippen LogP contribution in [0.3, 0.4) is 0 Å². The second kappa shape index (κ2) is 9.21. The van der Waals surface area contributed by atoms with E-state index in [0.29, 0.717) is 6.61 Å². The van der Waals surface area contributed by atoms with Crippen LogP contribution in [0.4, 0.5) is 0 Å². The molecule has 0 spiro atoms. The Hall–Kier alpha value is -1.76. The molecule has 1 nitrogen and oxygen atoms in total. The van der Waals surface area contributed by atoms with Gasteiger partial charge in [-0.05, 0) is 5.56 Å². The Balaban J connectivity index is 0.000000256. The Labute approximate surface area is 125 Å². The van der Waals surface area contributed by atoms with Crippen molar-refractivity contribution in [2.45, 2.75) is 6.61 Å². The molecule has 0 saturated heterocycles. The molecule has 104 valence electrons. The molecule has 3 aromatic carbocycles. The predicted molar refractivity (Wildman–Crippen MR) is 74.8 cm³/mol. The SMILES string of the molecule is [Fe].[cH-]1[cH-][cH-][cH-][cH-]1.c1ccc(CO[c-]2cccc2)cc1. The summed E-state index contributed by atoms with van der Waals surface area (Å²) in [6, 6.07) is 28.0. The molecular weight excluding hydrogens is 276 g/mol. The Morgan fingerprint density at radius 2 is 1.32 bits per heavy atom. The number of hydrogen-bond acceptors (Lipinski definition) is 1. The molecule has 0 fully saturated rings. The van der Waals surface area contributed by atoms with E-state index in [9.17, 15) is 0 Å². The van der Waals surface area contributed by atoms with Crippen LogP contribution in [0.5, 0.6) is 5.75 Å². The first-order chi connectivity index (χ1) is 8.95. The fourth-order valence-electron chi connectivity index (χ4n) is 1.51.